The highest BCUT2D eigenvalue weighted by atomic mass is 35.5. The van der Waals surface area contributed by atoms with E-state index in [0.717, 1.165) is 32.8 Å². The van der Waals surface area contributed by atoms with Crippen molar-refractivity contribution in [1.29, 1.82) is 0 Å². The Morgan fingerprint density at radius 3 is 2.69 bits per heavy atom. The van der Waals surface area contributed by atoms with Crippen LogP contribution in [-0.4, -0.2) is 74.7 Å². The lowest BCUT2D eigenvalue weighted by atomic mass is 10.2. The molecule has 1 aliphatic rings. The predicted molar refractivity (Wildman–Crippen MR) is 101 cm³/mol. The van der Waals surface area contributed by atoms with Gasteiger partial charge in [0, 0.05) is 51.1 Å². The number of anilines is 1. The number of carbonyl (C=O) groups excluding carboxylic acids is 2. The van der Waals surface area contributed by atoms with Gasteiger partial charge in [0.1, 0.15) is 5.75 Å². The van der Waals surface area contributed by atoms with Gasteiger partial charge in [0.2, 0.25) is 11.8 Å². The summed E-state index contributed by atoms with van der Waals surface area (Å²) in [5.41, 5.74) is 0.521. The van der Waals surface area contributed by atoms with E-state index in [0.29, 0.717) is 29.5 Å². The van der Waals surface area contributed by atoms with Gasteiger partial charge in [-0.25, -0.2) is 0 Å². The highest BCUT2D eigenvalue weighted by Crippen LogP contribution is 2.27. The van der Waals surface area contributed by atoms with Gasteiger partial charge in [-0.2, -0.15) is 0 Å². The van der Waals surface area contributed by atoms with E-state index in [9.17, 15) is 9.59 Å². The maximum Gasteiger partial charge on any atom is 0.226 e. The van der Waals surface area contributed by atoms with Gasteiger partial charge < -0.3 is 19.7 Å². The molecule has 1 aromatic rings. The average Bonchev–Trinajstić information content (AvgIpc) is 2.62. The smallest absolute Gasteiger partial charge is 0.226 e. The summed E-state index contributed by atoms with van der Waals surface area (Å²) in [5, 5.41) is 3.30. The first-order valence-corrected chi connectivity index (χ1v) is 9.06. The number of nitrogens with one attached hydrogen (secondary N) is 1. The third-order valence-corrected chi connectivity index (χ3v) is 4.51. The minimum atomic E-state index is -0.191. The number of benzene rings is 1. The van der Waals surface area contributed by atoms with E-state index >= 15 is 0 Å². The fraction of sp³-hybridized carbons (Fsp3) is 0.556. The standard InChI is InChI=1S/C18H26ClN3O4/c1-14(23)22(8-7-21-9-11-26-12-10-21)6-5-18(24)20-16-13-15(19)3-4-17(16)25-2/h3-4,13H,5-12H2,1-2H3,(H,20,24). The quantitative estimate of drug-likeness (QED) is 0.742. The van der Waals surface area contributed by atoms with Crippen molar-refractivity contribution in [3.05, 3.63) is 23.2 Å². The SMILES string of the molecule is COc1ccc(Cl)cc1NC(=O)CCN(CCN1CCOCC1)C(C)=O. The number of hydrogen-bond donors (Lipinski definition) is 1. The van der Waals surface area contributed by atoms with Crippen LogP contribution in [-0.2, 0) is 14.3 Å². The largest absolute Gasteiger partial charge is 0.495 e. The third-order valence-electron chi connectivity index (χ3n) is 4.28. The van der Waals surface area contributed by atoms with Crippen molar-refractivity contribution in [1.82, 2.24) is 9.80 Å². The lowest BCUT2D eigenvalue weighted by Gasteiger charge is -2.29. The van der Waals surface area contributed by atoms with E-state index in [1.807, 2.05) is 0 Å². The van der Waals surface area contributed by atoms with Crippen molar-refractivity contribution in [2.45, 2.75) is 13.3 Å². The van der Waals surface area contributed by atoms with Crippen LogP contribution in [0.2, 0.25) is 5.02 Å². The Kier molecular flexibility index (Phi) is 8.15. The molecule has 1 N–H and O–H groups in total. The minimum absolute atomic E-state index is 0.0357. The summed E-state index contributed by atoms with van der Waals surface area (Å²) < 4.78 is 10.5. The summed E-state index contributed by atoms with van der Waals surface area (Å²) in [6.45, 7) is 6.48. The Hall–Kier alpha value is -1.83. The Morgan fingerprint density at radius 2 is 2.04 bits per heavy atom. The topological polar surface area (TPSA) is 71.1 Å². The number of hydrogen-bond acceptors (Lipinski definition) is 5. The number of ether oxygens (including phenoxy) is 2. The minimum Gasteiger partial charge on any atom is -0.495 e. The molecule has 0 spiro atoms. The lowest BCUT2D eigenvalue weighted by molar-refractivity contribution is -0.129. The third kappa shape index (κ3) is 6.48. The Bertz CT molecular complexity index is 620. The van der Waals surface area contributed by atoms with Crippen LogP contribution in [0.15, 0.2) is 18.2 Å². The van der Waals surface area contributed by atoms with Crippen LogP contribution < -0.4 is 10.1 Å². The first-order valence-electron chi connectivity index (χ1n) is 8.68. The molecule has 1 aromatic carbocycles. The van der Waals surface area contributed by atoms with E-state index in [-0.39, 0.29) is 18.2 Å². The number of rotatable bonds is 8. The lowest BCUT2D eigenvalue weighted by Crippen LogP contribution is -2.43. The molecule has 1 saturated heterocycles. The average molecular weight is 384 g/mol. The number of morpholine rings is 1. The van der Waals surface area contributed by atoms with E-state index in [2.05, 4.69) is 10.2 Å². The van der Waals surface area contributed by atoms with Crippen LogP contribution in [0.3, 0.4) is 0 Å². The zero-order valence-electron chi connectivity index (χ0n) is 15.3. The number of nitrogens with zero attached hydrogens (tertiary/aromatic N) is 2. The van der Waals surface area contributed by atoms with Crippen LogP contribution in [0, 0.1) is 0 Å². The molecule has 2 amide bonds. The van der Waals surface area contributed by atoms with Gasteiger partial charge in [-0.3, -0.25) is 14.5 Å². The van der Waals surface area contributed by atoms with Gasteiger partial charge in [-0.15, -0.1) is 0 Å². The highest BCUT2D eigenvalue weighted by Gasteiger charge is 2.16. The maximum atomic E-state index is 12.3. The molecule has 0 unspecified atom stereocenters. The number of amides is 2. The van der Waals surface area contributed by atoms with Crippen LogP contribution in [0.1, 0.15) is 13.3 Å². The van der Waals surface area contributed by atoms with E-state index in [1.165, 1.54) is 14.0 Å². The molecular formula is C18H26ClN3O4. The first-order chi connectivity index (χ1) is 12.5. The van der Waals surface area contributed by atoms with E-state index in [1.54, 1.807) is 23.1 Å². The summed E-state index contributed by atoms with van der Waals surface area (Å²) in [6.07, 6.45) is 0.207. The molecule has 0 radical (unpaired) electrons. The molecule has 1 aliphatic heterocycles. The van der Waals surface area contributed by atoms with Crippen LogP contribution in [0.5, 0.6) is 5.75 Å². The molecule has 2 rings (SSSR count). The Balaban J connectivity index is 1.83. The molecular weight excluding hydrogens is 358 g/mol. The zero-order chi connectivity index (χ0) is 18.9. The summed E-state index contributed by atoms with van der Waals surface area (Å²) in [7, 11) is 1.53. The highest BCUT2D eigenvalue weighted by molar-refractivity contribution is 6.31. The summed E-state index contributed by atoms with van der Waals surface area (Å²) in [4.78, 5) is 28.1. The fourth-order valence-corrected chi connectivity index (χ4v) is 2.91. The fourth-order valence-electron chi connectivity index (χ4n) is 2.74. The first kappa shape index (κ1) is 20.5. The summed E-state index contributed by atoms with van der Waals surface area (Å²) in [6, 6.07) is 5.03. The van der Waals surface area contributed by atoms with Gasteiger partial charge in [0.25, 0.3) is 0 Å². The van der Waals surface area contributed by atoms with Crippen molar-refractivity contribution in [3.63, 3.8) is 0 Å². The van der Waals surface area contributed by atoms with Gasteiger partial charge >= 0.3 is 0 Å². The van der Waals surface area contributed by atoms with Gasteiger partial charge in [0.05, 0.1) is 26.0 Å². The van der Waals surface area contributed by atoms with Crippen molar-refractivity contribution < 1.29 is 19.1 Å². The van der Waals surface area contributed by atoms with Crippen LogP contribution in [0.25, 0.3) is 0 Å². The monoisotopic (exact) mass is 383 g/mol. The molecule has 0 saturated carbocycles. The second-order valence-electron chi connectivity index (χ2n) is 6.10. The van der Waals surface area contributed by atoms with Crippen molar-refractivity contribution in [3.8, 4) is 5.75 Å². The zero-order valence-corrected chi connectivity index (χ0v) is 16.1. The van der Waals surface area contributed by atoms with Crippen LogP contribution >= 0.6 is 11.6 Å². The number of methoxy groups -OCH3 is 1. The second kappa shape index (κ2) is 10.4. The molecule has 7 nitrogen and oxygen atoms in total. The molecule has 1 heterocycles. The Morgan fingerprint density at radius 1 is 1.31 bits per heavy atom. The van der Waals surface area contributed by atoms with Gasteiger partial charge in [-0.1, -0.05) is 11.6 Å². The van der Waals surface area contributed by atoms with Crippen molar-refractivity contribution >= 4 is 29.1 Å². The Labute approximate surface area is 159 Å². The van der Waals surface area contributed by atoms with E-state index in [4.69, 9.17) is 21.1 Å². The molecule has 0 aliphatic carbocycles. The summed E-state index contributed by atoms with van der Waals surface area (Å²) >= 11 is 5.97. The maximum absolute atomic E-state index is 12.3. The van der Waals surface area contributed by atoms with Gasteiger partial charge in [-0.05, 0) is 18.2 Å². The van der Waals surface area contributed by atoms with Crippen molar-refractivity contribution in [2.75, 3.05) is 58.4 Å². The summed E-state index contributed by atoms with van der Waals surface area (Å²) in [5.74, 6) is 0.313. The normalized spacial score (nSPS) is 14.7. The number of halogens is 1. The van der Waals surface area contributed by atoms with Crippen LogP contribution in [0.4, 0.5) is 5.69 Å². The second-order valence-corrected chi connectivity index (χ2v) is 6.54. The molecule has 0 bridgehead atoms. The molecule has 144 valence electrons. The molecule has 0 atom stereocenters. The van der Waals surface area contributed by atoms with Gasteiger partial charge in [0.15, 0.2) is 0 Å². The van der Waals surface area contributed by atoms with E-state index < -0.39 is 0 Å². The molecule has 8 heteroatoms. The molecule has 1 fully saturated rings. The predicted octanol–water partition coefficient (Wildman–Crippen LogP) is 1.86. The van der Waals surface area contributed by atoms with Crippen molar-refractivity contribution in [2.24, 2.45) is 0 Å². The number of carbonyl (C=O) groups is 2. The molecule has 0 aromatic heterocycles. The molecule has 26 heavy (non-hydrogen) atoms.